The van der Waals surface area contributed by atoms with E-state index in [0.29, 0.717) is 12.5 Å². The monoisotopic (exact) mass is 239 g/mol. The maximum Gasteiger partial charge on any atom is 0.141 e. The molecular formula is C13H18ClNO. The highest BCUT2D eigenvalue weighted by atomic mass is 35.5. The lowest BCUT2D eigenvalue weighted by Gasteiger charge is -2.10. The molecule has 0 fully saturated rings. The van der Waals surface area contributed by atoms with Gasteiger partial charge in [-0.2, -0.15) is 0 Å². The highest BCUT2D eigenvalue weighted by Crippen LogP contribution is 2.37. The molecule has 1 aromatic rings. The summed E-state index contributed by atoms with van der Waals surface area (Å²) < 4.78 is 5.67. The van der Waals surface area contributed by atoms with Gasteiger partial charge >= 0.3 is 0 Å². The summed E-state index contributed by atoms with van der Waals surface area (Å²) in [4.78, 5) is 0. The smallest absolute Gasteiger partial charge is 0.141 e. The lowest BCUT2D eigenvalue weighted by molar-refractivity contribution is 0.255. The molecule has 0 aromatic heterocycles. The third-order valence-electron chi connectivity index (χ3n) is 2.99. The van der Waals surface area contributed by atoms with E-state index in [1.807, 2.05) is 6.07 Å². The second-order valence-electron chi connectivity index (χ2n) is 4.74. The van der Waals surface area contributed by atoms with Gasteiger partial charge in [0.15, 0.2) is 0 Å². The first kappa shape index (κ1) is 11.7. The Morgan fingerprint density at radius 2 is 2.31 bits per heavy atom. The molecule has 0 aliphatic carbocycles. The van der Waals surface area contributed by atoms with Crippen LogP contribution in [0, 0.1) is 5.92 Å². The first-order valence-electron chi connectivity index (χ1n) is 5.78. The van der Waals surface area contributed by atoms with Crippen LogP contribution in [0.25, 0.3) is 0 Å². The minimum Gasteiger partial charge on any atom is -0.489 e. The van der Waals surface area contributed by atoms with Crippen molar-refractivity contribution in [3.05, 3.63) is 28.3 Å². The summed E-state index contributed by atoms with van der Waals surface area (Å²) in [6, 6.07) is 4.21. The van der Waals surface area contributed by atoms with Crippen LogP contribution in [0.2, 0.25) is 5.02 Å². The quantitative estimate of drug-likeness (QED) is 0.881. The fraction of sp³-hybridized carbons (Fsp3) is 0.538. The van der Waals surface area contributed by atoms with Crippen molar-refractivity contribution >= 4 is 11.6 Å². The molecular weight excluding hydrogens is 222 g/mol. The van der Waals surface area contributed by atoms with Gasteiger partial charge in [0.2, 0.25) is 0 Å². The summed E-state index contributed by atoms with van der Waals surface area (Å²) in [6.45, 7) is 4.93. The highest BCUT2D eigenvalue weighted by molar-refractivity contribution is 6.32. The van der Waals surface area contributed by atoms with Gasteiger partial charge in [0.1, 0.15) is 11.9 Å². The fourth-order valence-electron chi connectivity index (χ4n) is 2.15. The molecule has 1 heterocycles. The number of hydrogen-bond donors (Lipinski definition) is 1. The fourth-order valence-corrected chi connectivity index (χ4v) is 2.46. The Kier molecular flexibility index (Phi) is 3.41. The Labute approximate surface area is 102 Å². The Morgan fingerprint density at radius 1 is 1.56 bits per heavy atom. The Balaban J connectivity index is 2.24. The van der Waals surface area contributed by atoms with Gasteiger partial charge in [0.25, 0.3) is 0 Å². The summed E-state index contributed by atoms with van der Waals surface area (Å²) >= 11 is 6.21. The zero-order valence-electron chi connectivity index (χ0n) is 9.79. The third kappa shape index (κ3) is 2.33. The van der Waals surface area contributed by atoms with Crippen LogP contribution in [0.3, 0.4) is 0 Å². The molecule has 3 heteroatoms. The summed E-state index contributed by atoms with van der Waals surface area (Å²) in [5, 5.41) is 0.737. The number of fused-ring (bicyclic) bond motifs is 1. The van der Waals surface area contributed by atoms with E-state index in [0.717, 1.165) is 23.6 Å². The van der Waals surface area contributed by atoms with Crippen LogP contribution in [0.5, 0.6) is 5.75 Å². The van der Waals surface area contributed by atoms with Gasteiger partial charge in [-0.25, -0.2) is 0 Å². The Hall–Kier alpha value is -0.730. The maximum absolute atomic E-state index is 6.21. The highest BCUT2D eigenvalue weighted by Gasteiger charge is 2.22. The van der Waals surface area contributed by atoms with E-state index in [9.17, 15) is 0 Å². The molecule has 2 rings (SSSR count). The molecule has 2 atom stereocenters. The summed E-state index contributed by atoms with van der Waals surface area (Å²) in [5.41, 5.74) is 8.13. The van der Waals surface area contributed by atoms with Crippen molar-refractivity contribution in [3.63, 3.8) is 0 Å². The lowest BCUT2D eigenvalue weighted by atomic mass is 9.98. The average Bonchev–Trinajstić information content (AvgIpc) is 2.59. The number of benzene rings is 1. The molecule has 0 saturated carbocycles. The van der Waals surface area contributed by atoms with Gasteiger partial charge in [0.05, 0.1) is 5.02 Å². The predicted molar refractivity (Wildman–Crippen MR) is 67.2 cm³/mol. The zero-order valence-corrected chi connectivity index (χ0v) is 10.6. The van der Waals surface area contributed by atoms with Crippen LogP contribution in [0.1, 0.15) is 25.0 Å². The van der Waals surface area contributed by atoms with Crippen molar-refractivity contribution in [1.29, 1.82) is 0 Å². The summed E-state index contributed by atoms with van der Waals surface area (Å²) in [5.74, 6) is 1.37. The van der Waals surface area contributed by atoms with Crippen LogP contribution in [-0.2, 0) is 12.8 Å². The third-order valence-corrected chi connectivity index (χ3v) is 3.27. The van der Waals surface area contributed by atoms with Gasteiger partial charge < -0.3 is 10.5 Å². The van der Waals surface area contributed by atoms with Gasteiger partial charge in [0, 0.05) is 6.42 Å². The molecule has 2 unspecified atom stereocenters. The van der Waals surface area contributed by atoms with E-state index in [4.69, 9.17) is 22.1 Å². The van der Waals surface area contributed by atoms with Crippen LogP contribution < -0.4 is 10.5 Å². The summed E-state index contributed by atoms with van der Waals surface area (Å²) in [6.07, 6.45) is 2.19. The molecule has 0 spiro atoms. The minimum absolute atomic E-state index is 0.245. The van der Waals surface area contributed by atoms with Crippen molar-refractivity contribution in [2.75, 3.05) is 6.54 Å². The van der Waals surface area contributed by atoms with Gasteiger partial charge in [-0.1, -0.05) is 24.6 Å². The van der Waals surface area contributed by atoms with Crippen LogP contribution in [0.15, 0.2) is 12.1 Å². The lowest BCUT2D eigenvalue weighted by Crippen LogP contribution is -2.13. The molecule has 0 saturated heterocycles. The van der Waals surface area contributed by atoms with Crippen LogP contribution in [0.4, 0.5) is 0 Å². The van der Waals surface area contributed by atoms with Crippen molar-refractivity contribution in [2.24, 2.45) is 11.7 Å². The molecule has 88 valence electrons. The van der Waals surface area contributed by atoms with Gasteiger partial charge in [-0.3, -0.25) is 0 Å². The summed E-state index contributed by atoms with van der Waals surface area (Å²) in [7, 11) is 0. The average molecular weight is 240 g/mol. The van der Waals surface area contributed by atoms with E-state index < -0.39 is 0 Å². The molecule has 1 aliphatic heterocycles. The van der Waals surface area contributed by atoms with Crippen LogP contribution in [-0.4, -0.2) is 12.6 Å². The Bertz CT molecular complexity index is 392. The molecule has 1 aromatic carbocycles. The van der Waals surface area contributed by atoms with Crippen LogP contribution >= 0.6 is 11.6 Å². The predicted octanol–water partition coefficient (Wildman–Crippen LogP) is 2.80. The maximum atomic E-state index is 6.21. The number of rotatable bonds is 3. The van der Waals surface area contributed by atoms with Gasteiger partial charge in [-0.15, -0.1) is 0 Å². The molecule has 0 bridgehead atoms. The topological polar surface area (TPSA) is 35.2 Å². The largest absolute Gasteiger partial charge is 0.489 e. The van der Waals surface area contributed by atoms with Crippen molar-refractivity contribution < 1.29 is 4.74 Å². The first-order chi connectivity index (χ1) is 7.60. The van der Waals surface area contributed by atoms with Crippen molar-refractivity contribution in [1.82, 2.24) is 0 Å². The number of nitrogens with two attached hydrogens (primary N) is 1. The Morgan fingerprint density at radius 3 is 3.00 bits per heavy atom. The van der Waals surface area contributed by atoms with Gasteiger partial charge in [-0.05, 0) is 43.0 Å². The zero-order chi connectivity index (χ0) is 11.7. The van der Waals surface area contributed by atoms with Crippen molar-refractivity contribution in [2.45, 2.75) is 32.8 Å². The normalized spacial score (nSPS) is 20.4. The van der Waals surface area contributed by atoms with E-state index in [1.165, 1.54) is 11.1 Å². The van der Waals surface area contributed by atoms with E-state index in [2.05, 4.69) is 19.9 Å². The second kappa shape index (κ2) is 4.64. The molecule has 1 aliphatic rings. The number of ether oxygens (including phenoxy) is 1. The minimum atomic E-state index is 0.245. The van der Waals surface area contributed by atoms with E-state index in [1.54, 1.807) is 0 Å². The first-order valence-corrected chi connectivity index (χ1v) is 6.16. The van der Waals surface area contributed by atoms with E-state index >= 15 is 0 Å². The molecule has 2 N–H and O–H groups in total. The molecule has 16 heavy (non-hydrogen) atoms. The van der Waals surface area contributed by atoms with E-state index in [-0.39, 0.29) is 6.10 Å². The second-order valence-corrected chi connectivity index (χ2v) is 5.15. The standard InChI is InChI=1S/C13H18ClNO/c1-8(7-15)3-10-5-11-4-9(2)16-13(11)12(14)6-10/h5-6,8-9H,3-4,7,15H2,1-2H3. The number of halogens is 1. The molecule has 2 nitrogen and oxygen atoms in total. The SMILES string of the molecule is CC(CN)Cc1cc(Cl)c2c(c1)CC(C)O2. The van der Waals surface area contributed by atoms with Crippen molar-refractivity contribution in [3.8, 4) is 5.75 Å². The number of hydrogen-bond acceptors (Lipinski definition) is 2. The molecule has 0 radical (unpaired) electrons. The molecule has 0 amide bonds.